The zero-order valence-corrected chi connectivity index (χ0v) is 23.2. The summed E-state index contributed by atoms with van der Waals surface area (Å²) in [6, 6.07) is 10.3. The van der Waals surface area contributed by atoms with Gasteiger partial charge in [-0.25, -0.2) is 14.8 Å². The standard InChI is InChI=1S/C28H33N9O5/c1-3-17-15(2)8-7-11-18(17)23(39)32-20-13-37-25(30)31-19(22-27(37,28(20,41)42)34-24(29)33-22)12-36-21(38)14-35(26(36)40)16-9-5-4-6-10-16/h4-11,19-20,22,41-42H,3,12-14H2,1-2H3,(H2,30,31)(H,32,39)(H3,29,33,34)/t19-,20?,22-,27-/m0/s1. The highest BCUT2D eigenvalue weighted by Crippen LogP contribution is 2.45. The number of anilines is 1. The third-order valence-corrected chi connectivity index (χ3v) is 8.61. The topological polar surface area (TPSA) is 202 Å². The maximum absolute atomic E-state index is 13.4. The molecule has 220 valence electrons. The van der Waals surface area contributed by atoms with E-state index in [9.17, 15) is 24.6 Å². The van der Waals surface area contributed by atoms with Gasteiger partial charge >= 0.3 is 6.03 Å². The molecule has 2 aromatic rings. The summed E-state index contributed by atoms with van der Waals surface area (Å²) in [5, 5.41) is 29.1. The van der Waals surface area contributed by atoms with Crippen LogP contribution in [0.1, 0.15) is 28.4 Å². The molecule has 4 heterocycles. The van der Waals surface area contributed by atoms with E-state index in [1.165, 1.54) is 9.80 Å². The highest BCUT2D eigenvalue weighted by molar-refractivity contribution is 6.12. The number of nitrogens with zero attached hydrogens (tertiary/aromatic N) is 5. The smallest absolute Gasteiger partial charge is 0.331 e. The van der Waals surface area contributed by atoms with Crippen molar-refractivity contribution in [1.29, 1.82) is 0 Å². The van der Waals surface area contributed by atoms with Crippen molar-refractivity contribution in [2.75, 3.05) is 24.5 Å². The number of guanidine groups is 2. The fourth-order valence-electron chi connectivity index (χ4n) is 6.57. The van der Waals surface area contributed by atoms with Gasteiger partial charge < -0.3 is 37.2 Å². The van der Waals surface area contributed by atoms with Crippen molar-refractivity contribution in [2.24, 2.45) is 21.5 Å². The van der Waals surface area contributed by atoms with Gasteiger partial charge in [-0.15, -0.1) is 0 Å². The van der Waals surface area contributed by atoms with Crippen LogP contribution < -0.4 is 27.0 Å². The average Bonchev–Trinajstić information content (AvgIpc) is 3.54. The van der Waals surface area contributed by atoms with Gasteiger partial charge in [-0.3, -0.25) is 19.4 Å². The third kappa shape index (κ3) is 3.89. The number of nitrogens with one attached hydrogen (secondary N) is 2. The first-order valence-corrected chi connectivity index (χ1v) is 13.7. The fraction of sp³-hybridized carbons (Fsp3) is 0.393. The zero-order chi connectivity index (χ0) is 30.0. The Hall–Kier alpha value is -4.69. The molecule has 0 bridgehead atoms. The highest BCUT2D eigenvalue weighted by atomic mass is 16.5. The van der Waals surface area contributed by atoms with Crippen LogP contribution in [0.2, 0.25) is 0 Å². The molecule has 4 atom stereocenters. The molecule has 2 saturated heterocycles. The second-order valence-electron chi connectivity index (χ2n) is 10.9. The summed E-state index contributed by atoms with van der Waals surface area (Å²) in [4.78, 5) is 52.4. The lowest BCUT2D eigenvalue weighted by Crippen LogP contribution is -2.78. The number of urea groups is 1. The van der Waals surface area contributed by atoms with Crippen LogP contribution in [0.3, 0.4) is 0 Å². The molecule has 0 radical (unpaired) electrons. The molecule has 4 aliphatic heterocycles. The molecule has 0 aromatic heterocycles. The fourth-order valence-corrected chi connectivity index (χ4v) is 6.57. The maximum Gasteiger partial charge on any atom is 0.331 e. The summed E-state index contributed by atoms with van der Waals surface area (Å²) in [5.74, 6) is -3.76. The van der Waals surface area contributed by atoms with Gasteiger partial charge in [0.15, 0.2) is 17.6 Å². The summed E-state index contributed by atoms with van der Waals surface area (Å²) in [5.41, 5.74) is 13.4. The first kappa shape index (κ1) is 27.5. The normalized spacial score (nSPS) is 27.8. The average molecular weight is 576 g/mol. The van der Waals surface area contributed by atoms with E-state index >= 15 is 0 Å². The molecule has 42 heavy (non-hydrogen) atoms. The van der Waals surface area contributed by atoms with Crippen molar-refractivity contribution < 1.29 is 24.6 Å². The van der Waals surface area contributed by atoms with E-state index in [4.69, 9.17) is 11.5 Å². The quantitative estimate of drug-likeness (QED) is 0.181. The Labute approximate surface area is 241 Å². The minimum absolute atomic E-state index is 0.0818. The first-order chi connectivity index (χ1) is 20.0. The number of benzene rings is 2. The summed E-state index contributed by atoms with van der Waals surface area (Å²) in [7, 11) is 0. The maximum atomic E-state index is 13.4. The Balaban J connectivity index is 1.29. The minimum Gasteiger partial charge on any atom is -0.370 e. The Morgan fingerprint density at radius 1 is 1.12 bits per heavy atom. The molecule has 0 aliphatic carbocycles. The number of rotatable bonds is 6. The highest BCUT2D eigenvalue weighted by Gasteiger charge is 2.73. The van der Waals surface area contributed by atoms with E-state index in [1.807, 2.05) is 19.9 Å². The van der Waals surface area contributed by atoms with Crippen LogP contribution in [0, 0.1) is 6.92 Å². The molecule has 8 N–H and O–H groups in total. The molecule has 4 amide bonds. The van der Waals surface area contributed by atoms with Crippen LogP contribution in [-0.2, 0) is 11.2 Å². The van der Waals surface area contributed by atoms with E-state index < -0.39 is 47.4 Å². The lowest BCUT2D eigenvalue weighted by molar-refractivity contribution is -0.230. The number of para-hydroxylation sites is 1. The molecule has 6 rings (SSSR count). The molecule has 2 fully saturated rings. The number of hydrogen-bond acceptors (Lipinski definition) is 11. The molecule has 14 heteroatoms. The molecule has 2 aromatic carbocycles. The molecular weight excluding hydrogens is 542 g/mol. The second kappa shape index (κ2) is 9.70. The number of amides is 4. The van der Waals surface area contributed by atoms with Crippen LogP contribution in [-0.4, -0.2) is 99.0 Å². The van der Waals surface area contributed by atoms with Gasteiger partial charge in [0, 0.05) is 17.8 Å². The molecule has 4 aliphatic rings. The van der Waals surface area contributed by atoms with E-state index in [1.54, 1.807) is 42.5 Å². The van der Waals surface area contributed by atoms with E-state index in [-0.39, 0.29) is 31.6 Å². The van der Waals surface area contributed by atoms with E-state index in [0.717, 1.165) is 16.0 Å². The van der Waals surface area contributed by atoms with Crippen LogP contribution in [0.5, 0.6) is 0 Å². The number of imide groups is 1. The Morgan fingerprint density at radius 2 is 1.86 bits per heavy atom. The second-order valence-corrected chi connectivity index (χ2v) is 10.9. The lowest BCUT2D eigenvalue weighted by atomic mass is 9.84. The largest absolute Gasteiger partial charge is 0.370 e. The molecule has 14 nitrogen and oxygen atoms in total. The van der Waals surface area contributed by atoms with Crippen LogP contribution in [0.15, 0.2) is 58.5 Å². The summed E-state index contributed by atoms with van der Waals surface area (Å²) >= 11 is 0. The number of aliphatic hydroxyl groups is 2. The predicted molar refractivity (Wildman–Crippen MR) is 153 cm³/mol. The van der Waals surface area contributed by atoms with Crippen molar-refractivity contribution in [2.45, 2.75) is 49.8 Å². The first-order valence-electron chi connectivity index (χ1n) is 13.7. The van der Waals surface area contributed by atoms with Crippen LogP contribution >= 0.6 is 0 Å². The number of hydrogen-bond donors (Lipinski definition) is 6. The third-order valence-electron chi connectivity index (χ3n) is 8.61. The Bertz CT molecular complexity index is 1530. The lowest BCUT2D eigenvalue weighted by Gasteiger charge is -2.49. The SMILES string of the molecule is CCc1c(C)cccc1C(=O)NC1CN2C(N)=N[C@@H](CN3C(=O)CN(c4ccccc4)C3=O)[C@@H]3N=C(N)N[C@@]32C1(O)O. The van der Waals surface area contributed by atoms with Gasteiger partial charge in [-0.1, -0.05) is 37.3 Å². The number of carbonyl (C=O) groups excluding carboxylic acids is 3. The molecule has 0 saturated carbocycles. The number of carbonyl (C=O) groups is 3. The predicted octanol–water partition coefficient (Wildman–Crippen LogP) is -1.20. The molecule has 1 unspecified atom stereocenters. The Morgan fingerprint density at radius 3 is 2.57 bits per heavy atom. The van der Waals surface area contributed by atoms with E-state index in [0.29, 0.717) is 17.7 Å². The van der Waals surface area contributed by atoms with Crippen molar-refractivity contribution in [1.82, 2.24) is 20.4 Å². The van der Waals surface area contributed by atoms with E-state index in [2.05, 4.69) is 20.6 Å². The summed E-state index contributed by atoms with van der Waals surface area (Å²) in [6.45, 7) is 3.35. The van der Waals surface area contributed by atoms with Gasteiger partial charge in [-0.2, -0.15) is 0 Å². The molecule has 1 spiro atoms. The number of aryl methyl sites for hydroxylation is 1. The van der Waals surface area contributed by atoms with Gasteiger partial charge in [-0.05, 0) is 42.7 Å². The van der Waals surface area contributed by atoms with Crippen molar-refractivity contribution in [3.63, 3.8) is 0 Å². The number of nitrogens with two attached hydrogens (primary N) is 2. The zero-order valence-electron chi connectivity index (χ0n) is 23.2. The van der Waals surface area contributed by atoms with Gasteiger partial charge in [0.2, 0.25) is 5.79 Å². The van der Waals surface area contributed by atoms with Crippen LogP contribution in [0.4, 0.5) is 10.5 Å². The van der Waals surface area contributed by atoms with Crippen molar-refractivity contribution in [3.05, 3.63) is 65.2 Å². The van der Waals surface area contributed by atoms with Crippen molar-refractivity contribution in [3.8, 4) is 0 Å². The Kier molecular flexibility index (Phi) is 6.35. The summed E-state index contributed by atoms with van der Waals surface area (Å²) in [6.07, 6.45) is 0.616. The molecular formula is C28H33N9O5. The number of aliphatic imine (C=N–C) groups is 2. The van der Waals surface area contributed by atoms with Crippen molar-refractivity contribution >= 4 is 35.5 Å². The summed E-state index contributed by atoms with van der Waals surface area (Å²) < 4.78 is 0. The van der Waals surface area contributed by atoms with Gasteiger partial charge in [0.1, 0.15) is 18.6 Å². The monoisotopic (exact) mass is 575 g/mol. The van der Waals surface area contributed by atoms with Gasteiger partial charge in [0.05, 0.1) is 12.6 Å². The minimum atomic E-state index is -2.65. The van der Waals surface area contributed by atoms with Crippen LogP contribution in [0.25, 0.3) is 0 Å². The van der Waals surface area contributed by atoms with Gasteiger partial charge in [0.25, 0.3) is 11.8 Å².